The Morgan fingerprint density at radius 3 is 2.32 bits per heavy atom. The quantitative estimate of drug-likeness (QED) is 0.411. The molecule has 2 N–H and O–H groups in total. The van der Waals surface area contributed by atoms with Crippen LogP contribution < -0.4 is 15.5 Å². The summed E-state index contributed by atoms with van der Waals surface area (Å²) in [6.45, 7) is 1.98. The molecule has 2 amide bonds. The lowest BCUT2D eigenvalue weighted by molar-refractivity contribution is -0.384. The van der Waals surface area contributed by atoms with Crippen molar-refractivity contribution in [3.63, 3.8) is 0 Å². The third-order valence-electron chi connectivity index (χ3n) is 3.75. The fourth-order valence-corrected chi connectivity index (χ4v) is 2.22. The number of carbonyl (C=O) groups excluding carboxylic acids is 2. The zero-order valence-electron chi connectivity index (χ0n) is 15.5. The maximum atomic E-state index is 12.0. The van der Waals surface area contributed by atoms with Crippen molar-refractivity contribution in [1.29, 1.82) is 0 Å². The SMILES string of the molecule is COc1ccc(CNC(=O)C/C(C)=N/NC(=O)c2ccc([N+](=O)[O-])cc2)cc1. The van der Waals surface area contributed by atoms with E-state index in [1.165, 1.54) is 24.3 Å². The highest BCUT2D eigenvalue weighted by molar-refractivity contribution is 6.01. The molecule has 2 aromatic carbocycles. The van der Waals surface area contributed by atoms with Gasteiger partial charge in [-0.1, -0.05) is 12.1 Å². The van der Waals surface area contributed by atoms with Gasteiger partial charge in [0.25, 0.3) is 11.6 Å². The van der Waals surface area contributed by atoms with Gasteiger partial charge in [-0.3, -0.25) is 19.7 Å². The number of hydrogen-bond acceptors (Lipinski definition) is 6. The first-order valence-electron chi connectivity index (χ1n) is 8.36. The number of nitrogens with zero attached hydrogens (tertiary/aromatic N) is 2. The Labute approximate surface area is 161 Å². The Hall–Kier alpha value is -3.75. The van der Waals surface area contributed by atoms with E-state index in [4.69, 9.17) is 4.74 Å². The first kappa shape index (κ1) is 20.6. The zero-order chi connectivity index (χ0) is 20.5. The Kier molecular flexibility index (Phi) is 7.21. The normalized spacial score (nSPS) is 10.9. The fourth-order valence-electron chi connectivity index (χ4n) is 2.22. The highest BCUT2D eigenvalue weighted by Gasteiger charge is 2.09. The van der Waals surface area contributed by atoms with E-state index in [1.54, 1.807) is 14.0 Å². The molecule has 0 bridgehead atoms. The second-order valence-corrected chi connectivity index (χ2v) is 5.89. The smallest absolute Gasteiger partial charge is 0.271 e. The molecule has 0 aliphatic heterocycles. The average Bonchev–Trinajstić information content (AvgIpc) is 2.71. The number of nitro benzene ring substituents is 1. The maximum Gasteiger partial charge on any atom is 0.271 e. The molecule has 0 unspecified atom stereocenters. The lowest BCUT2D eigenvalue weighted by atomic mass is 10.2. The zero-order valence-corrected chi connectivity index (χ0v) is 15.5. The third kappa shape index (κ3) is 6.20. The number of non-ortho nitro benzene ring substituents is 1. The lowest BCUT2D eigenvalue weighted by Crippen LogP contribution is -2.26. The van der Waals surface area contributed by atoms with Crippen LogP contribution in [-0.4, -0.2) is 29.6 Å². The van der Waals surface area contributed by atoms with Crippen LogP contribution >= 0.6 is 0 Å². The van der Waals surface area contributed by atoms with Crippen LogP contribution in [0, 0.1) is 10.1 Å². The third-order valence-corrected chi connectivity index (χ3v) is 3.75. The summed E-state index contributed by atoms with van der Waals surface area (Å²) in [5.41, 5.74) is 3.79. The largest absolute Gasteiger partial charge is 0.497 e. The summed E-state index contributed by atoms with van der Waals surface area (Å²) in [5, 5.41) is 17.3. The summed E-state index contributed by atoms with van der Waals surface area (Å²) in [6.07, 6.45) is 0.0245. The number of carbonyl (C=O) groups is 2. The molecule has 9 nitrogen and oxygen atoms in total. The van der Waals surface area contributed by atoms with Crippen molar-refractivity contribution in [3.05, 3.63) is 69.8 Å². The van der Waals surface area contributed by atoms with Gasteiger partial charge in [0.15, 0.2) is 0 Å². The molecule has 0 heterocycles. The van der Waals surface area contributed by atoms with Crippen molar-refractivity contribution in [2.75, 3.05) is 7.11 Å². The summed E-state index contributed by atoms with van der Waals surface area (Å²) >= 11 is 0. The molecule has 0 aromatic heterocycles. The molecule has 28 heavy (non-hydrogen) atoms. The molecule has 0 aliphatic carbocycles. The van der Waals surface area contributed by atoms with Gasteiger partial charge in [-0.15, -0.1) is 0 Å². The van der Waals surface area contributed by atoms with Crippen molar-refractivity contribution in [2.45, 2.75) is 19.9 Å². The number of benzene rings is 2. The van der Waals surface area contributed by atoms with Crippen LogP contribution in [0.5, 0.6) is 5.75 Å². The highest BCUT2D eigenvalue weighted by atomic mass is 16.6. The van der Waals surface area contributed by atoms with E-state index in [1.807, 2.05) is 24.3 Å². The van der Waals surface area contributed by atoms with Crippen LogP contribution in [0.15, 0.2) is 53.6 Å². The molecule has 0 atom stereocenters. The van der Waals surface area contributed by atoms with Crippen molar-refractivity contribution >= 4 is 23.2 Å². The van der Waals surface area contributed by atoms with Crippen molar-refractivity contribution in [2.24, 2.45) is 5.10 Å². The highest BCUT2D eigenvalue weighted by Crippen LogP contribution is 2.12. The summed E-state index contributed by atoms with van der Waals surface area (Å²) in [7, 11) is 1.58. The first-order chi connectivity index (χ1) is 13.4. The molecule has 2 aromatic rings. The minimum Gasteiger partial charge on any atom is -0.497 e. The summed E-state index contributed by atoms with van der Waals surface area (Å²) < 4.78 is 5.07. The van der Waals surface area contributed by atoms with Gasteiger partial charge in [-0.2, -0.15) is 5.10 Å². The van der Waals surface area contributed by atoms with Crippen LogP contribution in [0.1, 0.15) is 29.3 Å². The summed E-state index contributed by atoms with van der Waals surface area (Å²) in [5.74, 6) is -0.0173. The number of rotatable bonds is 8. The minimum atomic E-state index is -0.547. The van der Waals surface area contributed by atoms with Gasteiger partial charge in [-0.05, 0) is 36.8 Å². The van der Waals surface area contributed by atoms with Gasteiger partial charge in [0, 0.05) is 30.0 Å². The Morgan fingerprint density at radius 1 is 1.11 bits per heavy atom. The van der Waals surface area contributed by atoms with Crippen LogP contribution in [0.4, 0.5) is 5.69 Å². The van der Waals surface area contributed by atoms with E-state index in [9.17, 15) is 19.7 Å². The Morgan fingerprint density at radius 2 is 1.75 bits per heavy atom. The lowest BCUT2D eigenvalue weighted by Gasteiger charge is -2.07. The second-order valence-electron chi connectivity index (χ2n) is 5.89. The number of hydrogen-bond donors (Lipinski definition) is 2. The predicted molar refractivity (Wildman–Crippen MR) is 103 cm³/mol. The molecular formula is C19H20N4O5. The number of amides is 2. The van der Waals surface area contributed by atoms with E-state index < -0.39 is 10.8 Å². The standard InChI is InChI=1S/C19H20N4O5/c1-13(11-18(24)20-12-14-3-9-17(28-2)10-4-14)21-22-19(25)15-5-7-16(8-6-15)23(26)27/h3-10H,11-12H2,1-2H3,(H,20,24)(H,22,25)/b21-13+. The van der Waals surface area contributed by atoms with E-state index in [0.717, 1.165) is 11.3 Å². The fraction of sp³-hybridized carbons (Fsp3) is 0.211. The van der Waals surface area contributed by atoms with Gasteiger partial charge in [-0.25, -0.2) is 5.43 Å². The second kappa shape index (κ2) is 9.81. The van der Waals surface area contributed by atoms with Crippen LogP contribution in [0.2, 0.25) is 0 Å². The molecule has 0 fully saturated rings. The van der Waals surface area contributed by atoms with Crippen molar-refractivity contribution in [3.8, 4) is 5.75 Å². The number of ether oxygens (including phenoxy) is 1. The van der Waals surface area contributed by atoms with Crippen molar-refractivity contribution in [1.82, 2.24) is 10.7 Å². The number of methoxy groups -OCH3 is 1. The summed E-state index contributed by atoms with van der Waals surface area (Å²) in [4.78, 5) is 34.0. The molecule has 0 saturated carbocycles. The van der Waals surface area contributed by atoms with Crippen molar-refractivity contribution < 1.29 is 19.2 Å². The van der Waals surface area contributed by atoms with E-state index in [-0.39, 0.29) is 23.6 Å². The molecule has 0 radical (unpaired) electrons. The van der Waals surface area contributed by atoms with E-state index in [2.05, 4.69) is 15.8 Å². The summed E-state index contributed by atoms with van der Waals surface area (Å²) in [6, 6.07) is 12.5. The van der Waals surface area contributed by atoms with E-state index in [0.29, 0.717) is 12.3 Å². The molecule has 9 heteroatoms. The molecule has 2 rings (SSSR count). The molecular weight excluding hydrogens is 364 g/mol. The molecule has 0 aliphatic rings. The van der Waals surface area contributed by atoms with Gasteiger partial charge >= 0.3 is 0 Å². The van der Waals surface area contributed by atoms with Gasteiger partial charge in [0.05, 0.1) is 18.5 Å². The topological polar surface area (TPSA) is 123 Å². The molecule has 0 saturated heterocycles. The first-order valence-corrected chi connectivity index (χ1v) is 8.36. The Bertz CT molecular complexity index is 876. The monoisotopic (exact) mass is 384 g/mol. The Balaban J connectivity index is 1.81. The van der Waals surface area contributed by atoms with Crippen LogP contribution in [-0.2, 0) is 11.3 Å². The minimum absolute atomic E-state index is 0.0245. The molecule has 0 spiro atoms. The van der Waals surface area contributed by atoms with E-state index >= 15 is 0 Å². The maximum absolute atomic E-state index is 12.0. The van der Waals surface area contributed by atoms with Gasteiger partial charge in [0.1, 0.15) is 5.75 Å². The number of nitro groups is 1. The number of hydrazone groups is 1. The molecule has 146 valence electrons. The van der Waals surface area contributed by atoms with Gasteiger partial charge in [0.2, 0.25) is 5.91 Å². The van der Waals surface area contributed by atoms with Gasteiger partial charge < -0.3 is 10.1 Å². The van der Waals surface area contributed by atoms with Crippen LogP contribution in [0.25, 0.3) is 0 Å². The van der Waals surface area contributed by atoms with Crippen LogP contribution in [0.3, 0.4) is 0 Å². The average molecular weight is 384 g/mol. The predicted octanol–water partition coefficient (Wildman–Crippen LogP) is 2.42. The number of nitrogens with one attached hydrogen (secondary N) is 2.